The molecule has 2 aromatic carbocycles. The molecule has 9 nitrogen and oxygen atoms in total. The van der Waals surface area contributed by atoms with Crippen molar-refractivity contribution in [2.75, 3.05) is 13.7 Å². The van der Waals surface area contributed by atoms with Gasteiger partial charge in [0.1, 0.15) is 0 Å². The van der Waals surface area contributed by atoms with Crippen LogP contribution in [0.15, 0.2) is 65.0 Å². The number of fused-ring (bicyclic) bond motifs is 1. The summed E-state index contributed by atoms with van der Waals surface area (Å²) < 4.78 is 9.97. The first-order chi connectivity index (χ1) is 17.2. The van der Waals surface area contributed by atoms with E-state index in [1.807, 2.05) is 0 Å². The molecular formula is C26H28ClN3O6. The number of hydrogen-bond acceptors (Lipinski definition) is 8. The fraction of sp³-hybridized carbons (Fsp3) is 0.308. The highest BCUT2D eigenvalue weighted by atomic mass is 35.5. The van der Waals surface area contributed by atoms with Gasteiger partial charge in [-0.25, -0.2) is 9.59 Å². The summed E-state index contributed by atoms with van der Waals surface area (Å²) in [4.78, 5) is 36.1. The summed E-state index contributed by atoms with van der Waals surface area (Å²) in [6, 6.07) is 12.5. The summed E-state index contributed by atoms with van der Waals surface area (Å²) in [5, 5.41) is 18.0. The van der Waals surface area contributed by atoms with Crippen molar-refractivity contribution in [2.24, 2.45) is 0 Å². The van der Waals surface area contributed by atoms with Crippen LogP contribution >= 0.6 is 11.6 Å². The van der Waals surface area contributed by atoms with Crippen molar-refractivity contribution in [2.45, 2.75) is 39.8 Å². The number of carbonyl (C=O) groups excluding carboxylic acids is 2. The fourth-order valence-corrected chi connectivity index (χ4v) is 4.50. The zero-order chi connectivity index (χ0) is 26.4. The number of carbonyl (C=O) groups is 2. The normalized spacial score (nSPS) is 16.4. The number of hydrogen-bond donors (Lipinski definition) is 2. The standard InChI is InChI=1S/C18H19ClN2O6.C8H9N/c1-5-27-18(23)15-10(3)20-9(2)14(17(22)26-4)16(15)12-8-11(19)6-7-13(12)21(24)25;1-2-4-8-6-9-5-7(8)3-1/h6-8,16,20H,5H2,1-4H3;1-4,9H,5-6H2. The van der Waals surface area contributed by atoms with Crippen LogP contribution in [0.3, 0.4) is 0 Å². The topological polar surface area (TPSA) is 120 Å². The first-order valence-electron chi connectivity index (χ1n) is 11.3. The van der Waals surface area contributed by atoms with Crippen LogP contribution in [0.1, 0.15) is 43.4 Å². The van der Waals surface area contributed by atoms with Gasteiger partial charge in [-0.2, -0.15) is 0 Å². The molecule has 2 aliphatic rings. The highest BCUT2D eigenvalue weighted by Gasteiger charge is 2.40. The molecule has 2 aliphatic heterocycles. The van der Waals surface area contributed by atoms with E-state index < -0.39 is 22.8 Å². The second-order valence-electron chi connectivity index (χ2n) is 8.18. The molecule has 0 radical (unpaired) electrons. The lowest BCUT2D eigenvalue weighted by molar-refractivity contribution is -0.385. The number of rotatable bonds is 5. The second-order valence-corrected chi connectivity index (χ2v) is 8.62. The molecule has 0 fully saturated rings. The van der Waals surface area contributed by atoms with Gasteiger partial charge in [0.25, 0.3) is 5.69 Å². The Kier molecular flexibility index (Phi) is 8.84. The molecule has 0 bridgehead atoms. The lowest BCUT2D eigenvalue weighted by Gasteiger charge is -2.30. The maximum absolute atomic E-state index is 12.6. The SMILES string of the molecule is CCOC(=O)C1=C(C)NC(C)=C(C(=O)OC)C1c1cc(Cl)ccc1[N+](=O)[O-].c1ccc2c(c1)CNC2. The van der Waals surface area contributed by atoms with Gasteiger partial charge in [0.15, 0.2) is 0 Å². The Morgan fingerprint density at radius 2 is 1.64 bits per heavy atom. The van der Waals surface area contributed by atoms with E-state index in [0.717, 1.165) is 13.1 Å². The summed E-state index contributed by atoms with van der Waals surface area (Å²) in [5.74, 6) is -2.46. The molecule has 0 amide bonds. The number of nitro benzene ring substituents is 1. The molecule has 2 aromatic rings. The average Bonchev–Trinajstić information content (AvgIpc) is 3.32. The zero-order valence-corrected chi connectivity index (χ0v) is 21.3. The van der Waals surface area contributed by atoms with Crippen LogP contribution < -0.4 is 10.6 Å². The smallest absolute Gasteiger partial charge is 0.336 e. The van der Waals surface area contributed by atoms with Crippen LogP contribution in [0.4, 0.5) is 5.69 Å². The molecule has 0 aliphatic carbocycles. The minimum Gasteiger partial charge on any atom is -0.466 e. The van der Waals surface area contributed by atoms with Gasteiger partial charge in [0.2, 0.25) is 0 Å². The van der Waals surface area contributed by atoms with E-state index in [2.05, 4.69) is 34.9 Å². The number of ether oxygens (including phenoxy) is 2. The fourth-order valence-electron chi connectivity index (χ4n) is 4.32. The Bertz CT molecular complexity index is 1230. The van der Waals surface area contributed by atoms with Crippen LogP contribution in [-0.2, 0) is 32.2 Å². The maximum atomic E-state index is 12.6. The van der Waals surface area contributed by atoms with Gasteiger partial charge in [-0.05, 0) is 44.0 Å². The van der Waals surface area contributed by atoms with E-state index in [1.54, 1.807) is 20.8 Å². The number of dihydropyridines is 1. The molecule has 36 heavy (non-hydrogen) atoms. The highest BCUT2D eigenvalue weighted by molar-refractivity contribution is 6.30. The van der Waals surface area contributed by atoms with Crippen molar-refractivity contribution in [3.05, 3.63) is 96.8 Å². The Hall–Kier alpha value is -3.69. The number of nitrogens with one attached hydrogen (secondary N) is 2. The molecule has 0 saturated heterocycles. The van der Waals surface area contributed by atoms with Crippen LogP contribution in [0.25, 0.3) is 0 Å². The lowest BCUT2D eigenvalue weighted by atomic mass is 9.79. The van der Waals surface area contributed by atoms with Gasteiger partial charge in [-0.3, -0.25) is 10.1 Å². The first-order valence-corrected chi connectivity index (χ1v) is 11.7. The van der Waals surface area contributed by atoms with Gasteiger partial charge < -0.3 is 20.1 Å². The molecule has 10 heteroatoms. The van der Waals surface area contributed by atoms with E-state index in [4.69, 9.17) is 21.1 Å². The zero-order valence-electron chi connectivity index (χ0n) is 20.5. The predicted octanol–water partition coefficient (Wildman–Crippen LogP) is 4.51. The number of benzene rings is 2. The van der Waals surface area contributed by atoms with Crippen LogP contribution in [0.5, 0.6) is 0 Å². The number of allylic oxidation sites excluding steroid dienone is 2. The van der Waals surface area contributed by atoms with Gasteiger partial charge in [0, 0.05) is 41.1 Å². The molecule has 2 heterocycles. The van der Waals surface area contributed by atoms with Gasteiger partial charge in [0.05, 0.1) is 35.7 Å². The molecule has 1 atom stereocenters. The summed E-state index contributed by atoms with van der Waals surface area (Å²) in [7, 11) is 1.20. The third-order valence-corrected chi connectivity index (χ3v) is 6.14. The average molecular weight is 514 g/mol. The van der Waals surface area contributed by atoms with Gasteiger partial charge in [-0.15, -0.1) is 0 Å². The Morgan fingerprint density at radius 3 is 2.17 bits per heavy atom. The summed E-state index contributed by atoms with van der Waals surface area (Å²) in [6.45, 7) is 7.11. The second kappa shape index (κ2) is 11.8. The number of halogens is 1. The molecule has 2 N–H and O–H groups in total. The Morgan fingerprint density at radius 1 is 1.06 bits per heavy atom. The number of methoxy groups -OCH3 is 1. The highest BCUT2D eigenvalue weighted by Crippen LogP contribution is 2.43. The lowest BCUT2D eigenvalue weighted by Crippen LogP contribution is -2.32. The molecule has 0 saturated carbocycles. The van der Waals surface area contributed by atoms with Crippen molar-refractivity contribution in [3.8, 4) is 0 Å². The van der Waals surface area contributed by atoms with Crippen molar-refractivity contribution < 1.29 is 24.0 Å². The summed E-state index contributed by atoms with van der Waals surface area (Å²) in [6.07, 6.45) is 0. The first kappa shape index (κ1) is 26.9. The largest absolute Gasteiger partial charge is 0.466 e. The van der Waals surface area contributed by atoms with E-state index in [9.17, 15) is 19.7 Å². The maximum Gasteiger partial charge on any atom is 0.336 e. The van der Waals surface area contributed by atoms with Crippen LogP contribution in [0.2, 0.25) is 5.02 Å². The molecule has 190 valence electrons. The quantitative estimate of drug-likeness (QED) is 0.340. The van der Waals surface area contributed by atoms with Crippen molar-refractivity contribution in [3.63, 3.8) is 0 Å². The molecule has 4 rings (SSSR count). The summed E-state index contributed by atoms with van der Waals surface area (Å²) >= 11 is 6.06. The van der Waals surface area contributed by atoms with E-state index in [-0.39, 0.29) is 34.0 Å². The minimum atomic E-state index is -1.06. The third-order valence-electron chi connectivity index (χ3n) is 5.91. The summed E-state index contributed by atoms with van der Waals surface area (Å²) in [5.41, 5.74) is 3.77. The molecule has 0 aromatic heterocycles. The molecular weight excluding hydrogens is 486 g/mol. The third kappa shape index (κ3) is 5.75. The van der Waals surface area contributed by atoms with Gasteiger partial charge in [-0.1, -0.05) is 35.9 Å². The van der Waals surface area contributed by atoms with Crippen LogP contribution in [-0.4, -0.2) is 30.6 Å². The van der Waals surface area contributed by atoms with E-state index in [1.165, 1.54) is 36.4 Å². The Labute approximate surface area is 214 Å². The molecule has 0 spiro atoms. The van der Waals surface area contributed by atoms with Crippen molar-refractivity contribution in [1.82, 2.24) is 10.6 Å². The van der Waals surface area contributed by atoms with Gasteiger partial charge >= 0.3 is 11.9 Å². The molecule has 1 unspecified atom stereocenters. The van der Waals surface area contributed by atoms with Crippen molar-refractivity contribution in [1.29, 1.82) is 0 Å². The van der Waals surface area contributed by atoms with Crippen LogP contribution in [0, 0.1) is 10.1 Å². The minimum absolute atomic E-state index is 0.0801. The van der Waals surface area contributed by atoms with Crippen molar-refractivity contribution >= 4 is 29.2 Å². The number of esters is 2. The number of nitrogens with zero attached hydrogens (tertiary/aromatic N) is 1. The van der Waals surface area contributed by atoms with E-state index in [0.29, 0.717) is 11.4 Å². The number of nitro groups is 1. The predicted molar refractivity (Wildman–Crippen MR) is 135 cm³/mol. The Balaban J connectivity index is 0.000000331. The monoisotopic (exact) mass is 513 g/mol. The van der Waals surface area contributed by atoms with E-state index >= 15 is 0 Å².